The maximum Gasteiger partial charge on any atom is 0.0362 e. The van der Waals surface area contributed by atoms with Gasteiger partial charge in [-0.3, -0.25) is 5.01 Å². The van der Waals surface area contributed by atoms with Crippen LogP contribution in [0.3, 0.4) is 0 Å². The van der Waals surface area contributed by atoms with Crippen LogP contribution in [0.25, 0.3) is 0 Å². The fourth-order valence-electron chi connectivity index (χ4n) is 1.58. The first kappa shape index (κ1) is 5.27. The van der Waals surface area contributed by atoms with Crippen LogP contribution in [0.15, 0.2) is 5.10 Å². The van der Waals surface area contributed by atoms with E-state index in [1.807, 2.05) is 0 Å². The summed E-state index contributed by atoms with van der Waals surface area (Å²) in [5.41, 5.74) is 0. The van der Waals surface area contributed by atoms with Gasteiger partial charge in [0, 0.05) is 19.3 Å². The zero-order chi connectivity index (χ0) is 6.10. The largest absolute Gasteiger partial charge is 0.297 e. The highest BCUT2D eigenvalue weighted by Gasteiger charge is 2.19. The fraction of sp³-hybridized carbons (Fsp3) is 0.857. The molecule has 3 aliphatic heterocycles. The third-order valence-electron chi connectivity index (χ3n) is 2.27. The molecule has 3 heterocycles. The SMILES string of the molecule is C1=NN2CCC(C1)CC2. The smallest absolute Gasteiger partial charge is 0.0362 e. The van der Waals surface area contributed by atoms with Crippen LogP contribution in [0.4, 0.5) is 0 Å². The van der Waals surface area contributed by atoms with Gasteiger partial charge in [-0.15, -0.1) is 0 Å². The number of nitrogens with zero attached hydrogens (tertiary/aromatic N) is 2. The first-order valence-corrected chi connectivity index (χ1v) is 3.72. The summed E-state index contributed by atoms with van der Waals surface area (Å²) in [6.07, 6.45) is 6.02. The number of hydrazone groups is 1. The molecule has 0 atom stereocenters. The Bertz CT molecular complexity index is 123. The molecular weight excluding hydrogens is 112 g/mol. The summed E-state index contributed by atoms with van der Waals surface area (Å²) in [6, 6.07) is 0. The van der Waals surface area contributed by atoms with Crippen LogP contribution in [0, 0.1) is 5.92 Å². The van der Waals surface area contributed by atoms with E-state index in [-0.39, 0.29) is 0 Å². The van der Waals surface area contributed by atoms with Gasteiger partial charge in [-0.25, -0.2) is 0 Å². The average Bonchev–Trinajstić information content (AvgIpc) is 2.21. The molecule has 0 radical (unpaired) electrons. The van der Waals surface area contributed by atoms with Gasteiger partial charge in [0.2, 0.25) is 0 Å². The molecule has 1 fully saturated rings. The summed E-state index contributed by atoms with van der Waals surface area (Å²) in [4.78, 5) is 0. The van der Waals surface area contributed by atoms with Crippen LogP contribution in [0.1, 0.15) is 19.3 Å². The van der Waals surface area contributed by atoms with Crippen molar-refractivity contribution in [2.75, 3.05) is 13.1 Å². The van der Waals surface area contributed by atoms with E-state index < -0.39 is 0 Å². The molecule has 1 saturated heterocycles. The Morgan fingerprint density at radius 3 is 2.89 bits per heavy atom. The van der Waals surface area contributed by atoms with E-state index in [0.29, 0.717) is 0 Å². The van der Waals surface area contributed by atoms with Gasteiger partial charge in [-0.1, -0.05) is 0 Å². The fourth-order valence-corrected chi connectivity index (χ4v) is 1.58. The number of hydrogen-bond donors (Lipinski definition) is 0. The lowest BCUT2D eigenvalue weighted by molar-refractivity contribution is 0.209. The Balaban J connectivity index is 2.13. The van der Waals surface area contributed by atoms with Crippen molar-refractivity contribution in [2.45, 2.75) is 19.3 Å². The van der Waals surface area contributed by atoms with Crippen molar-refractivity contribution in [2.24, 2.45) is 11.0 Å². The lowest BCUT2D eigenvalue weighted by atomic mass is 9.96. The van der Waals surface area contributed by atoms with E-state index in [1.54, 1.807) is 0 Å². The van der Waals surface area contributed by atoms with Crippen LogP contribution in [-0.4, -0.2) is 24.3 Å². The van der Waals surface area contributed by atoms with Gasteiger partial charge in [0.1, 0.15) is 0 Å². The lowest BCUT2D eigenvalue weighted by Crippen LogP contribution is -2.26. The van der Waals surface area contributed by atoms with Gasteiger partial charge in [0.25, 0.3) is 0 Å². The molecule has 0 aromatic carbocycles. The van der Waals surface area contributed by atoms with E-state index in [0.717, 1.165) is 5.92 Å². The number of fused-ring (bicyclic) bond motifs is 3. The first-order chi connectivity index (χ1) is 4.45. The molecule has 0 N–H and O–H groups in total. The highest BCUT2D eigenvalue weighted by molar-refractivity contribution is 5.57. The molecule has 0 aliphatic carbocycles. The topological polar surface area (TPSA) is 15.6 Å². The average molecular weight is 124 g/mol. The Labute approximate surface area is 55.5 Å². The van der Waals surface area contributed by atoms with E-state index in [1.165, 1.54) is 32.4 Å². The molecule has 3 aliphatic rings. The lowest BCUT2D eigenvalue weighted by Gasteiger charge is -2.25. The normalized spacial score (nSPS) is 26.9. The molecular formula is C7H12N2. The predicted octanol–water partition coefficient (Wildman–Crippen LogP) is 1.09. The zero-order valence-corrected chi connectivity index (χ0v) is 5.58. The molecule has 0 saturated carbocycles. The number of rotatable bonds is 0. The molecule has 3 rings (SSSR count). The highest BCUT2D eigenvalue weighted by Crippen LogP contribution is 2.22. The van der Waals surface area contributed by atoms with Crippen LogP contribution in [-0.2, 0) is 0 Å². The Kier molecular flexibility index (Phi) is 1.18. The first-order valence-electron chi connectivity index (χ1n) is 3.72. The van der Waals surface area contributed by atoms with Crippen molar-refractivity contribution in [3.05, 3.63) is 0 Å². The highest BCUT2D eigenvalue weighted by atomic mass is 15.4. The van der Waals surface area contributed by atoms with E-state index >= 15 is 0 Å². The van der Waals surface area contributed by atoms with Crippen molar-refractivity contribution in [3.8, 4) is 0 Å². The molecule has 0 amide bonds. The minimum Gasteiger partial charge on any atom is -0.297 e. The minimum atomic E-state index is 0.951. The molecule has 2 bridgehead atoms. The molecule has 0 aromatic heterocycles. The van der Waals surface area contributed by atoms with Gasteiger partial charge in [0.05, 0.1) is 0 Å². The van der Waals surface area contributed by atoms with Crippen molar-refractivity contribution in [3.63, 3.8) is 0 Å². The molecule has 0 aromatic rings. The van der Waals surface area contributed by atoms with Crippen molar-refractivity contribution >= 4 is 6.21 Å². The van der Waals surface area contributed by atoms with Crippen molar-refractivity contribution in [1.29, 1.82) is 0 Å². The Hall–Kier alpha value is -0.530. The van der Waals surface area contributed by atoms with E-state index in [9.17, 15) is 0 Å². The summed E-state index contributed by atoms with van der Waals surface area (Å²) >= 11 is 0. The van der Waals surface area contributed by atoms with Gasteiger partial charge in [-0.05, 0) is 25.2 Å². The van der Waals surface area contributed by atoms with E-state index in [4.69, 9.17) is 0 Å². The minimum absolute atomic E-state index is 0.951. The number of piperidine rings is 1. The molecule has 2 heteroatoms. The summed E-state index contributed by atoms with van der Waals surface area (Å²) < 4.78 is 0. The third-order valence-corrected chi connectivity index (χ3v) is 2.27. The number of hydrogen-bond acceptors (Lipinski definition) is 2. The van der Waals surface area contributed by atoms with Gasteiger partial charge < -0.3 is 0 Å². The van der Waals surface area contributed by atoms with Gasteiger partial charge in [0.15, 0.2) is 0 Å². The van der Waals surface area contributed by atoms with Crippen LogP contribution in [0.5, 0.6) is 0 Å². The van der Waals surface area contributed by atoms with Crippen molar-refractivity contribution < 1.29 is 0 Å². The summed E-state index contributed by atoms with van der Waals surface area (Å²) in [7, 11) is 0. The predicted molar refractivity (Wildman–Crippen MR) is 37.4 cm³/mol. The standard InChI is InChI=1S/C7H12N2/c1-4-8-9-5-2-7(1)3-6-9/h4,7H,1-3,5-6H2. The molecule has 50 valence electrons. The third kappa shape index (κ3) is 0.934. The molecule has 0 spiro atoms. The monoisotopic (exact) mass is 124 g/mol. The van der Waals surface area contributed by atoms with Crippen LogP contribution in [0.2, 0.25) is 0 Å². The second-order valence-electron chi connectivity index (χ2n) is 2.93. The Morgan fingerprint density at radius 1 is 1.33 bits per heavy atom. The summed E-state index contributed by atoms with van der Waals surface area (Å²) in [6.45, 7) is 2.39. The van der Waals surface area contributed by atoms with Gasteiger partial charge >= 0.3 is 0 Å². The zero-order valence-electron chi connectivity index (χ0n) is 5.58. The molecule has 2 nitrogen and oxygen atoms in total. The van der Waals surface area contributed by atoms with E-state index in [2.05, 4.69) is 16.3 Å². The second kappa shape index (κ2) is 2.01. The Morgan fingerprint density at radius 2 is 2.11 bits per heavy atom. The van der Waals surface area contributed by atoms with Gasteiger partial charge in [-0.2, -0.15) is 5.10 Å². The molecule has 9 heavy (non-hydrogen) atoms. The summed E-state index contributed by atoms with van der Waals surface area (Å²) in [5.74, 6) is 0.951. The maximum atomic E-state index is 4.29. The van der Waals surface area contributed by atoms with Crippen LogP contribution >= 0.6 is 0 Å². The maximum absolute atomic E-state index is 4.29. The summed E-state index contributed by atoms with van der Waals surface area (Å²) in [5, 5.41) is 6.48. The quantitative estimate of drug-likeness (QED) is 0.472. The van der Waals surface area contributed by atoms with Crippen molar-refractivity contribution in [1.82, 2.24) is 5.01 Å². The molecule has 0 unspecified atom stereocenters. The second-order valence-corrected chi connectivity index (χ2v) is 2.93. The van der Waals surface area contributed by atoms with Crippen LogP contribution < -0.4 is 0 Å².